The highest BCUT2D eigenvalue weighted by Crippen LogP contribution is 2.19. The van der Waals surface area contributed by atoms with Crippen LogP contribution in [0.3, 0.4) is 0 Å². The summed E-state index contributed by atoms with van der Waals surface area (Å²) in [5.74, 6) is -0.716. The normalized spacial score (nSPS) is 12.0. The van der Waals surface area contributed by atoms with Crippen molar-refractivity contribution in [1.29, 1.82) is 0 Å². The molecule has 1 N–H and O–H groups in total. The molecular weight excluding hydrogens is 520 g/mol. The van der Waals surface area contributed by atoms with E-state index in [0.29, 0.717) is 6.42 Å². The van der Waals surface area contributed by atoms with Gasteiger partial charge in [-0.1, -0.05) is 174 Å². The fourth-order valence-electron chi connectivity index (χ4n) is 6.01. The van der Waals surface area contributed by atoms with E-state index < -0.39 is 5.97 Å². The Hall–Kier alpha value is -1.06. The molecular formula is C38H74O4. The van der Waals surface area contributed by atoms with Crippen LogP contribution in [0.2, 0.25) is 0 Å². The van der Waals surface area contributed by atoms with Crippen LogP contribution in [0, 0.1) is 0 Å². The number of rotatable bonds is 35. The summed E-state index contributed by atoms with van der Waals surface area (Å²) in [5, 5.41) is 8.82. The minimum absolute atomic E-state index is 0.00796. The van der Waals surface area contributed by atoms with E-state index in [1.807, 2.05) is 0 Å². The Kier molecular flexibility index (Phi) is 33.6. The summed E-state index contributed by atoms with van der Waals surface area (Å²) in [6.45, 7) is 4.54. The molecule has 1 unspecified atom stereocenters. The number of hydrogen-bond donors (Lipinski definition) is 1. The standard InChI is InChI=1S/C38H74O4/c1-3-5-7-9-11-13-14-15-16-17-18-19-20-21-23-25-31-35-38(41)42-36(33-29-26-27-30-34-37(39)40)32-28-24-22-12-10-8-6-4-2/h36H,3-35H2,1-2H3,(H,39,40). The van der Waals surface area contributed by atoms with Gasteiger partial charge in [0.2, 0.25) is 0 Å². The molecule has 0 fully saturated rings. The molecule has 250 valence electrons. The molecule has 1 atom stereocenters. The van der Waals surface area contributed by atoms with E-state index in [2.05, 4.69) is 13.8 Å². The molecule has 42 heavy (non-hydrogen) atoms. The first-order valence-electron chi connectivity index (χ1n) is 19.0. The van der Waals surface area contributed by atoms with Crippen molar-refractivity contribution in [2.75, 3.05) is 0 Å². The van der Waals surface area contributed by atoms with Crippen molar-refractivity contribution in [3.8, 4) is 0 Å². The summed E-state index contributed by atoms with van der Waals surface area (Å²) in [7, 11) is 0. The zero-order valence-electron chi connectivity index (χ0n) is 28.6. The summed E-state index contributed by atoms with van der Waals surface area (Å²) < 4.78 is 5.95. The van der Waals surface area contributed by atoms with Gasteiger partial charge in [-0.05, 0) is 38.5 Å². The summed E-state index contributed by atoms with van der Waals surface area (Å²) >= 11 is 0. The number of carbonyl (C=O) groups is 2. The second-order valence-electron chi connectivity index (χ2n) is 13.1. The lowest BCUT2D eigenvalue weighted by atomic mass is 10.0. The lowest BCUT2D eigenvalue weighted by molar-refractivity contribution is -0.150. The molecule has 0 saturated heterocycles. The summed E-state index contributed by atoms with van der Waals surface area (Å²) in [6.07, 6.45) is 39.8. The fraction of sp³-hybridized carbons (Fsp3) is 0.947. The number of unbranched alkanes of at least 4 members (excludes halogenated alkanes) is 26. The molecule has 0 aromatic heterocycles. The lowest BCUT2D eigenvalue weighted by Crippen LogP contribution is -2.18. The number of carboxylic acids is 1. The van der Waals surface area contributed by atoms with E-state index >= 15 is 0 Å². The Morgan fingerprint density at radius 2 is 0.714 bits per heavy atom. The molecule has 0 spiro atoms. The second-order valence-corrected chi connectivity index (χ2v) is 13.1. The molecule has 0 aromatic carbocycles. The minimum Gasteiger partial charge on any atom is -0.481 e. The Morgan fingerprint density at radius 3 is 1.05 bits per heavy atom. The van der Waals surface area contributed by atoms with Gasteiger partial charge in [-0.3, -0.25) is 9.59 Å². The van der Waals surface area contributed by atoms with Crippen molar-refractivity contribution >= 4 is 11.9 Å². The quantitative estimate of drug-likeness (QED) is 0.0585. The van der Waals surface area contributed by atoms with Crippen LogP contribution in [0.15, 0.2) is 0 Å². The molecule has 0 rings (SSSR count). The van der Waals surface area contributed by atoms with E-state index in [-0.39, 0.29) is 18.5 Å². The largest absolute Gasteiger partial charge is 0.481 e. The smallest absolute Gasteiger partial charge is 0.306 e. The number of hydrogen-bond acceptors (Lipinski definition) is 3. The van der Waals surface area contributed by atoms with Crippen LogP contribution in [0.4, 0.5) is 0 Å². The van der Waals surface area contributed by atoms with E-state index in [4.69, 9.17) is 9.84 Å². The summed E-state index contributed by atoms with van der Waals surface area (Å²) in [5.41, 5.74) is 0. The molecule has 0 saturated carbocycles. The van der Waals surface area contributed by atoms with Gasteiger partial charge in [0.25, 0.3) is 0 Å². The Labute approximate surface area is 262 Å². The van der Waals surface area contributed by atoms with Crippen molar-refractivity contribution in [1.82, 2.24) is 0 Å². The first-order valence-corrected chi connectivity index (χ1v) is 19.0. The molecule has 0 amide bonds. The van der Waals surface area contributed by atoms with E-state index in [9.17, 15) is 9.59 Å². The highest BCUT2D eigenvalue weighted by atomic mass is 16.5. The molecule has 0 aromatic rings. The Bertz CT molecular complexity index is 561. The van der Waals surface area contributed by atoms with Crippen LogP contribution in [0.5, 0.6) is 0 Å². The van der Waals surface area contributed by atoms with E-state index in [0.717, 1.165) is 57.8 Å². The number of aliphatic carboxylic acids is 1. The topological polar surface area (TPSA) is 63.6 Å². The average Bonchev–Trinajstić information content (AvgIpc) is 2.97. The highest BCUT2D eigenvalue weighted by Gasteiger charge is 2.14. The number of ether oxygens (including phenoxy) is 1. The first kappa shape index (κ1) is 40.9. The van der Waals surface area contributed by atoms with Gasteiger partial charge in [0.15, 0.2) is 0 Å². The summed E-state index contributed by atoms with van der Waals surface area (Å²) in [4.78, 5) is 23.3. The number of carbonyl (C=O) groups excluding carboxylic acids is 1. The predicted octanol–water partition coefficient (Wildman–Crippen LogP) is 12.9. The molecule has 0 bridgehead atoms. The van der Waals surface area contributed by atoms with Gasteiger partial charge in [0.1, 0.15) is 6.10 Å². The maximum Gasteiger partial charge on any atom is 0.306 e. The SMILES string of the molecule is CCCCCCCCCCCCCCCCCCCC(=O)OC(CCCCCCCCCC)CCCCCCC(=O)O. The van der Waals surface area contributed by atoms with Crippen LogP contribution < -0.4 is 0 Å². The predicted molar refractivity (Wildman–Crippen MR) is 181 cm³/mol. The maximum absolute atomic E-state index is 12.6. The number of esters is 1. The average molecular weight is 595 g/mol. The van der Waals surface area contributed by atoms with Crippen LogP contribution in [0.25, 0.3) is 0 Å². The van der Waals surface area contributed by atoms with Gasteiger partial charge < -0.3 is 9.84 Å². The van der Waals surface area contributed by atoms with Crippen LogP contribution in [-0.4, -0.2) is 23.1 Å². The maximum atomic E-state index is 12.6. The van der Waals surface area contributed by atoms with Gasteiger partial charge in [-0.25, -0.2) is 0 Å². The zero-order chi connectivity index (χ0) is 30.8. The molecule has 0 radical (unpaired) electrons. The van der Waals surface area contributed by atoms with Crippen LogP contribution >= 0.6 is 0 Å². The van der Waals surface area contributed by atoms with Crippen molar-refractivity contribution in [2.45, 2.75) is 232 Å². The van der Waals surface area contributed by atoms with E-state index in [1.165, 1.54) is 141 Å². The van der Waals surface area contributed by atoms with E-state index in [1.54, 1.807) is 0 Å². The van der Waals surface area contributed by atoms with Gasteiger partial charge in [-0.15, -0.1) is 0 Å². The van der Waals surface area contributed by atoms with Crippen molar-refractivity contribution in [3.63, 3.8) is 0 Å². The van der Waals surface area contributed by atoms with Gasteiger partial charge in [-0.2, -0.15) is 0 Å². The van der Waals surface area contributed by atoms with Crippen molar-refractivity contribution < 1.29 is 19.4 Å². The second kappa shape index (κ2) is 34.4. The minimum atomic E-state index is -0.708. The third kappa shape index (κ3) is 33.4. The summed E-state index contributed by atoms with van der Waals surface area (Å²) in [6, 6.07) is 0. The molecule has 0 aliphatic carbocycles. The molecule has 4 nitrogen and oxygen atoms in total. The first-order chi connectivity index (χ1) is 20.6. The highest BCUT2D eigenvalue weighted by molar-refractivity contribution is 5.69. The molecule has 0 heterocycles. The van der Waals surface area contributed by atoms with Gasteiger partial charge in [0.05, 0.1) is 0 Å². The fourth-order valence-corrected chi connectivity index (χ4v) is 6.01. The van der Waals surface area contributed by atoms with Gasteiger partial charge >= 0.3 is 11.9 Å². The Balaban J connectivity index is 3.83. The monoisotopic (exact) mass is 595 g/mol. The third-order valence-corrected chi connectivity index (χ3v) is 8.83. The molecule has 0 aliphatic rings. The Morgan fingerprint density at radius 1 is 0.429 bits per heavy atom. The third-order valence-electron chi connectivity index (χ3n) is 8.83. The lowest BCUT2D eigenvalue weighted by Gasteiger charge is -2.18. The van der Waals surface area contributed by atoms with Crippen molar-refractivity contribution in [3.05, 3.63) is 0 Å². The van der Waals surface area contributed by atoms with Crippen molar-refractivity contribution in [2.24, 2.45) is 0 Å². The van der Waals surface area contributed by atoms with Gasteiger partial charge in [0, 0.05) is 12.8 Å². The number of carboxylic acid groups (broad SMARTS) is 1. The van der Waals surface area contributed by atoms with Crippen LogP contribution in [0.1, 0.15) is 226 Å². The molecule has 0 aliphatic heterocycles. The zero-order valence-corrected chi connectivity index (χ0v) is 28.6. The molecule has 4 heteroatoms. The van der Waals surface area contributed by atoms with Crippen LogP contribution in [-0.2, 0) is 14.3 Å².